The number of imidazole rings is 1. The minimum absolute atomic E-state index is 0.272. The summed E-state index contributed by atoms with van der Waals surface area (Å²) in [7, 11) is 1.68. The van der Waals surface area contributed by atoms with E-state index in [2.05, 4.69) is 42.9 Å². The van der Waals surface area contributed by atoms with Crippen LogP contribution >= 0.6 is 12.2 Å². The molecule has 2 heterocycles. The fraction of sp³-hybridized carbons (Fsp3) is 0.522. The summed E-state index contributed by atoms with van der Waals surface area (Å²) in [6.45, 7) is 6.93. The van der Waals surface area contributed by atoms with Gasteiger partial charge in [0.05, 0.1) is 25.5 Å². The Hall–Kier alpha value is -2.41. The van der Waals surface area contributed by atoms with Crippen LogP contribution in [0.3, 0.4) is 0 Å². The van der Waals surface area contributed by atoms with Crippen molar-refractivity contribution < 1.29 is 9.47 Å². The van der Waals surface area contributed by atoms with Crippen LogP contribution in [-0.2, 0) is 13.0 Å². The minimum Gasteiger partial charge on any atom is -0.493 e. The van der Waals surface area contributed by atoms with Gasteiger partial charge < -0.3 is 14.5 Å². The monoisotopic (exact) mass is 426 g/mol. The van der Waals surface area contributed by atoms with E-state index in [0.717, 1.165) is 59.0 Å². The number of hydrogen-bond donors (Lipinski definition) is 1. The molecule has 1 fully saturated rings. The van der Waals surface area contributed by atoms with Crippen molar-refractivity contribution in [3.8, 4) is 11.5 Å². The largest absolute Gasteiger partial charge is 0.493 e. The Labute approximate surface area is 182 Å². The Bertz CT molecular complexity index is 1100. The smallest absolute Gasteiger partial charge is 0.201 e. The summed E-state index contributed by atoms with van der Waals surface area (Å²) >= 11 is 5.65. The third-order valence-electron chi connectivity index (χ3n) is 5.76. The molecule has 0 radical (unpaired) electrons. The van der Waals surface area contributed by atoms with Gasteiger partial charge in [0.15, 0.2) is 17.1 Å². The number of nitrogens with zero attached hydrogens (tertiary/aromatic N) is 3. The van der Waals surface area contributed by atoms with Gasteiger partial charge in [0.2, 0.25) is 4.77 Å². The van der Waals surface area contributed by atoms with Crippen molar-refractivity contribution in [2.24, 2.45) is 0 Å². The lowest BCUT2D eigenvalue weighted by molar-refractivity contribution is 0.200. The Morgan fingerprint density at radius 3 is 2.63 bits per heavy atom. The van der Waals surface area contributed by atoms with Gasteiger partial charge in [-0.15, -0.1) is 0 Å². The van der Waals surface area contributed by atoms with E-state index in [1.165, 1.54) is 12.8 Å². The van der Waals surface area contributed by atoms with Gasteiger partial charge in [0, 0.05) is 5.92 Å². The molecule has 30 heavy (non-hydrogen) atoms. The first-order chi connectivity index (χ1) is 14.5. The Morgan fingerprint density at radius 2 is 1.97 bits per heavy atom. The van der Waals surface area contributed by atoms with E-state index in [-0.39, 0.29) is 6.10 Å². The molecule has 0 atom stereocenters. The molecule has 160 valence electrons. The molecule has 0 amide bonds. The average molecular weight is 427 g/mol. The van der Waals surface area contributed by atoms with Crippen molar-refractivity contribution >= 4 is 23.4 Å². The van der Waals surface area contributed by atoms with Crippen molar-refractivity contribution in [1.29, 1.82) is 0 Å². The number of aromatic amines is 1. The Kier molecular flexibility index (Phi) is 6.09. The molecular formula is C23H30N4O2S. The molecule has 2 aromatic heterocycles. The third-order valence-corrected chi connectivity index (χ3v) is 6.07. The van der Waals surface area contributed by atoms with Gasteiger partial charge in [-0.25, -0.2) is 9.97 Å². The van der Waals surface area contributed by atoms with Crippen LogP contribution in [-0.4, -0.2) is 32.7 Å². The van der Waals surface area contributed by atoms with Gasteiger partial charge in [0.25, 0.3) is 0 Å². The molecule has 1 saturated carbocycles. The number of aromatic nitrogens is 4. The second-order valence-electron chi connectivity index (χ2n) is 8.27. The van der Waals surface area contributed by atoms with Crippen molar-refractivity contribution in [2.45, 2.75) is 71.4 Å². The Morgan fingerprint density at radius 1 is 1.20 bits per heavy atom. The number of H-pyrrole nitrogens is 1. The highest BCUT2D eigenvalue weighted by Crippen LogP contribution is 2.33. The van der Waals surface area contributed by atoms with Crippen LogP contribution in [0.1, 0.15) is 69.5 Å². The van der Waals surface area contributed by atoms with E-state index in [0.29, 0.717) is 17.2 Å². The first-order valence-corrected chi connectivity index (χ1v) is 11.2. The number of ether oxygens (including phenoxy) is 2. The number of benzene rings is 1. The van der Waals surface area contributed by atoms with Gasteiger partial charge in [0.1, 0.15) is 11.3 Å². The fourth-order valence-corrected chi connectivity index (χ4v) is 4.31. The van der Waals surface area contributed by atoms with E-state index in [4.69, 9.17) is 26.7 Å². The lowest BCUT2D eigenvalue weighted by Gasteiger charge is -2.17. The van der Waals surface area contributed by atoms with E-state index in [9.17, 15) is 0 Å². The fourth-order valence-electron chi connectivity index (χ4n) is 4.05. The van der Waals surface area contributed by atoms with E-state index < -0.39 is 0 Å². The molecular weight excluding hydrogens is 396 g/mol. The summed E-state index contributed by atoms with van der Waals surface area (Å²) in [5, 5.41) is 0. The molecule has 0 unspecified atom stereocenters. The predicted molar refractivity (Wildman–Crippen MR) is 121 cm³/mol. The number of rotatable bonds is 7. The second-order valence-corrected chi connectivity index (χ2v) is 8.63. The summed E-state index contributed by atoms with van der Waals surface area (Å²) in [5.41, 5.74) is 3.89. The van der Waals surface area contributed by atoms with Crippen molar-refractivity contribution in [3.05, 3.63) is 40.1 Å². The highest BCUT2D eigenvalue weighted by molar-refractivity contribution is 7.71. The molecule has 6 nitrogen and oxygen atoms in total. The van der Waals surface area contributed by atoms with Crippen LogP contribution in [0.5, 0.6) is 11.5 Å². The molecule has 1 aliphatic carbocycles. The zero-order chi connectivity index (χ0) is 21.3. The number of nitrogens with one attached hydrogen (secondary N) is 1. The van der Waals surface area contributed by atoms with Crippen LogP contribution in [0.15, 0.2) is 18.2 Å². The number of hydrogen-bond acceptors (Lipinski definition) is 5. The summed E-state index contributed by atoms with van der Waals surface area (Å²) in [4.78, 5) is 13.0. The number of aryl methyl sites for hydroxylation is 1. The molecule has 1 aromatic carbocycles. The van der Waals surface area contributed by atoms with E-state index in [1.807, 2.05) is 10.6 Å². The summed E-state index contributed by atoms with van der Waals surface area (Å²) in [6.07, 6.45) is 5.75. The summed E-state index contributed by atoms with van der Waals surface area (Å²) in [5.74, 6) is 2.82. The first kappa shape index (κ1) is 20.8. The third kappa shape index (κ3) is 4.08. The van der Waals surface area contributed by atoms with Crippen molar-refractivity contribution in [3.63, 3.8) is 0 Å². The molecule has 7 heteroatoms. The zero-order valence-electron chi connectivity index (χ0n) is 18.2. The lowest BCUT2D eigenvalue weighted by Crippen LogP contribution is -2.12. The van der Waals surface area contributed by atoms with Crippen LogP contribution in [0, 0.1) is 4.77 Å². The van der Waals surface area contributed by atoms with Gasteiger partial charge in [-0.1, -0.05) is 26.8 Å². The van der Waals surface area contributed by atoms with Crippen LogP contribution in [0.25, 0.3) is 11.2 Å². The molecule has 0 spiro atoms. The van der Waals surface area contributed by atoms with Crippen LogP contribution in [0.2, 0.25) is 0 Å². The quantitative estimate of drug-likeness (QED) is 0.502. The van der Waals surface area contributed by atoms with Gasteiger partial charge in [-0.05, 0) is 62.0 Å². The highest BCUT2D eigenvalue weighted by atomic mass is 32.1. The van der Waals surface area contributed by atoms with Crippen LogP contribution in [0.4, 0.5) is 0 Å². The van der Waals surface area contributed by atoms with Crippen LogP contribution < -0.4 is 9.47 Å². The van der Waals surface area contributed by atoms with E-state index in [1.54, 1.807) is 7.11 Å². The Balaban J connectivity index is 1.73. The molecule has 1 aliphatic rings. The second kappa shape index (κ2) is 8.76. The first-order valence-electron chi connectivity index (χ1n) is 10.8. The average Bonchev–Trinajstić information content (AvgIpc) is 3.40. The van der Waals surface area contributed by atoms with Gasteiger partial charge >= 0.3 is 0 Å². The van der Waals surface area contributed by atoms with Crippen molar-refractivity contribution in [1.82, 2.24) is 19.5 Å². The molecule has 0 aliphatic heterocycles. The molecule has 1 N–H and O–H groups in total. The molecule has 0 saturated heterocycles. The number of fused-ring (bicyclic) bond motifs is 1. The topological polar surface area (TPSA) is 65.0 Å². The molecule has 3 aromatic rings. The number of methoxy groups -OCH3 is 1. The molecule has 4 rings (SSSR count). The summed E-state index contributed by atoms with van der Waals surface area (Å²) in [6, 6.07) is 6.09. The minimum atomic E-state index is 0.272. The highest BCUT2D eigenvalue weighted by Gasteiger charge is 2.19. The summed E-state index contributed by atoms with van der Waals surface area (Å²) < 4.78 is 14.4. The van der Waals surface area contributed by atoms with E-state index >= 15 is 0 Å². The molecule has 0 bridgehead atoms. The van der Waals surface area contributed by atoms with Gasteiger partial charge in [-0.2, -0.15) is 0 Å². The normalized spacial score (nSPS) is 14.7. The maximum atomic E-state index is 6.27. The maximum Gasteiger partial charge on any atom is 0.201 e. The standard InChI is InChI=1S/C23H30N4O2S/c1-5-17-20-22(26-21(25-20)14(2)3)27(23(30)24-17)13-15-10-11-18(28-4)19(12-15)29-16-8-6-7-9-16/h10-12,14,16H,5-9,13H2,1-4H3,(H,25,26). The maximum absolute atomic E-state index is 6.27. The zero-order valence-corrected chi connectivity index (χ0v) is 19.0. The van der Waals surface area contributed by atoms with Crippen molar-refractivity contribution in [2.75, 3.05) is 7.11 Å². The SMILES string of the molecule is CCc1nc(=S)n(Cc2ccc(OC)c(OC3CCCC3)c2)c2nc(C(C)C)[nH]c12. The van der Waals surface area contributed by atoms with Gasteiger partial charge in [-0.3, -0.25) is 4.57 Å². The predicted octanol–water partition coefficient (Wildman–Crippen LogP) is 5.55. The lowest BCUT2D eigenvalue weighted by atomic mass is 10.2.